The van der Waals surface area contributed by atoms with E-state index in [2.05, 4.69) is 4.72 Å². The third-order valence-electron chi connectivity index (χ3n) is 4.01. The number of hydrogen-bond donors (Lipinski definition) is 2. The summed E-state index contributed by atoms with van der Waals surface area (Å²) in [6.45, 7) is 7.85. The molecule has 0 saturated heterocycles. The highest BCUT2D eigenvalue weighted by Gasteiger charge is 2.30. The molecule has 1 amide bonds. The molecule has 0 atom stereocenters. The fraction of sp³-hybridized carbons (Fsp3) is 0.316. The van der Waals surface area contributed by atoms with Crippen LogP contribution in [0.4, 0.5) is 16.2 Å². The van der Waals surface area contributed by atoms with E-state index < -0.39 is 16.3 Å². The molecule has 26 heavy (non-hydrogen) atoms. The van der Waals surface area contributed by atoms with Gasteiger partial charge in [0.15, 0.2) is 0 Å². The number of para-hydroxylation sites is 2. The van der Waals surface area contributed by atoms with E-state index in [4.69, 9.17) is 0 Å². The molecule has 0 aliphatic heterocycles. The predicted molar refractivity (Wildman–Crippen MR) is 104 cm³/mol. The molecule has 2 aromatic carbocycles. The second-order valence-corrected chi connectivity index (χ2v) is 8.13. The maximum Gasteiger partial charge on any atom is 0.427 e. The Balaban J connectivity index is 2.57. The molecule has 6 nitrogen and oxygen atoms in total. The zero-order valence-electron chi connectivity index (χ0n) is 15.3. The third-order valence-corrected chi connectivity index (χ3v) is 5.32. The molecular formula is C19H24N2O4S. The van der Waals surface area contributed by atoms with Crippen LogP contribution >= 0.6 is 0 Å². The molecular weight excluding hydrogens is 352 g/mol. The number of rotatable bonds is 6. The van der Waals surface area contributed by atoms with Gasteiger partial charge in [-0.2, -0.15) is 12.7 Å². The first kappa shape index (κ1) is 19.8. The first-order chi connectivity index (χ1) is 12.1. The quantitative estimate of drug-likeness (QED) is 0.760. The number of nitrogens with one attached hydrogen (secondary N) is 1. The summed E-state index contributed by atoms with van der Waals surface area (Å²) in [5.74, 6) is 0.141. The minimum Gasteiger partial charge on any atom is -0.464 e. The lowest BCUT2D eigenvalue weighted by Gasteiger charge is -2.24. The maximum atomic E-state index is 12.9. The molecule has 0 bridgehead atoms. The Bertz CT molecular complexity index is 851. The summed E-state index contributed by atoms with van der Waals surface area (Å²) in [5, 5.41) is 9.50. The number of benzene rings is 2. The van der Waals surface area contributed by atoms with Gasteiger partial charge in [-0.05, 0) is 35.1 Å². The van der Waals surface area contributed by atoms with Crippen LogP contribution in [0, 0.1) is 0 Å². The predicted octanol–water partition coefficient (Wildman–Crippen LogP) is 4.77. The Morgan fingerprint density at radius 1 is 0.923 bits per heavy atom. The number of carbonyl (C=O) groups is 1. The van der Waals surface area contributed by atoms with Gasteiger partial charge in [-0.3, -0.25) is 4.72 Å². The first-order valence-corrected chi connectivity index (χ1v) is 9.83. The maximum absolute atomic E-state index is 12.9. The van der Waals surface area contributed by atoms with Crippen molar-refractivity contribution < 1.29 is 18.3 Å². The Kier molecular flexibility index (Phi) is 5.92. The van der Waals surface area contributed by atoms with Gasteiger partial charge in [-0.15, -0.1) is 0 Å². The van der Waals surface area contributed by atoms with Gasteiger partial charge in [0.2, 0.25) is 0 Å². The molecule has 0 aromatic heterocycles. The molecule has 0 spiro atoms. The number of nitrogens with zero attached hydrogens (tertiary/aromatic N) is 1. The van der Waals surface area contributed by atoms with Crippen LogP contribution in [-0.2, 0) is 10.2 Å². The molecule has 0 aliphatic carbocycles. The lowest BCUT2D eigenvalue weighted by molar-refractivity contribution is 0.206. The average molecular weight is 376 g/mol. The van der Waals surface area contributed by atoms with Gasteiger partial charge >= 0.3 is 16.3 Å². The highest BCUT2D eigenvalue weighted by atomic mass is 32.2. The number of anilines is 2. The van der Waals surface area contributed by atoms with Gasteiger partial charge < -0.3 is 5.11 Å². The normalized spacial score (nSPS) is 11.6. The van der Waals surface area contributed by atoms with Crippen molar-refractivity contribution >= 4 is 27.7 Å². The molecule has 7 heteroatoms. The fourth-order valence-electron chi connectivity index (χ4n) is 2.76. The van der Waals surface area contributed by atoms with Crippen LogP contribution in [0.2, 0.25) is 0 Å². The van der Waals surface area contributed by atoms with E-state index in [0.29, 0.717) is 9.99 Å². The minimum atomic E-state index is -4.36. The van der Waals surface area contributed by atoms with Gasteiger partial charge in [0.25, 0.3) is 0 Å². The highest BCUT2D eigenvalue weighted by molar-refractivity contribution is 7.94. The molecule has 0 saturated carbocycles. The van der Waals surface area contributed by atoms with Gasteiger partial charge in [0.05, 0.1) is 11.4 Å². The molecule has 140 valence electrons. The first-order valence-electron chi connectivity index (χ1n) is 8.39. The summed E-state index contributed by atoms with van der Waals surface area (Å²) in [4.78, 5) is 11.7. The summed E-state index contributed by atoms with van der Waals surface area (Å²) in [5.41, 5.74) is 2.14. The fourth-order valence-corrected chi connectivity index (χ4v) is 3.95. The van der Waals surface area contributed by atoms with Crippen molar-refractivity contribution in [1.29, 1.82) is 0 Å². The monoisotopic (exact) mass is 376 g/mol. The Morgan fingerprint density at radius 2 is 1.42 bits per heavy atom. The minimum absolute atomic E-state index is 0.0561. The topological polar surface area (TPSA) is 86.7 Å². The lowest BCUT2D eigenvalue weighted by Crippen LogP contribution is -2.40. The molecule has 0 unspecified atom stereocenters. The zero-order chi connectivity index (χ0) is 19.5. The van der Waals surface area contributed by atoms with E-state index in [-0.39, 0.29) is 17.5 Å². The molecule has 0 fully saturated rings. The largest absolute Gasteiger partial charge is 0.464 e. The van der Waals surface area contributed by atoms with Crippen LogP contribution in [-0.4, -0.2) is 19.6 Å². The van der Waals surface area contributed by atoms with Crippen LogP contribution in [0.1, 0.15) is 50.7 Å². The Labute approximate surface area is 154 Å². The average Bonchev–Trinajstić information content (AvgIpc) is 2.54. The van der Waals surface area contributed by atoms with E-state index >= 15 is 0 Å². The smallest absolute Gasteiger partial charge is 0.427 e. The van der Waals surface area contributed by atoms with Crippen LogP contribution in [0.5, 0.6) is 0 Å². The molecule has 0 heterocycles. The van der Waals surface area contributed by atoms with Crippen molar-refractivity contribution in [3.63, 3.8) is 0 Å². The lowest BCUT2D eigenvalue weighted by atomic mass is 9.93. The third kappa shape index (κ3) is 4.16. The number of hydrogen-bond acceptors (Lipinski definition) is 3. The number of amides is 1. The molecule has 2 N–H and O–H groups in total. The van der Waals surface area contributed by atoms with Crippen LogP contribution in [0.3, 0.4) is 0 Å². The van der Waals surface area contributed by atoms with E-state index in [0.717, 1.165) is 11.1 Å². The summed E-state index contributed by atoms with van der Waals surface area (Å²) in [7, 11) is -4.36. The van der Waals surface area contributed by atoms with E-state index in [1.54, 1.807) is 18.2 Å². The SMILES string of the molecule is CC(C)c1cccc(C(C)C)c1NS(=O)(=O)N(C(=O)O)c1ccccc1. The van der Waals surface area contributed by atoms with Crippen molar-refractivity contribution in [2.45, 2.75) is 39.5 Å². The summed E-state index contributed by atoms with van der Waals surface area (Å²) in [6.07, 6.45) is -1.57. The van der Waals surface area contributed by atoms with E-state index in [1.807, 2.05) is 45.9 Å². The van der Waals surface area contributed by atoms with Crippen LogP contribution in [0.15, 0.2) is 48.5 Å². The van der Waals surface area contributed by atoms with Crippen molar-refractivity contribution in [3.8, 4) is 0 Å². The van der Waals surface area contributed by atoms with E-state index in [9.17, 15) is 18.3 Å². The molecule has 0 aliphatic rings. The summed E-state index contributed by atoms with van der Waals surface area (Å²) < 4.78 is 28.7. The Hall–Kier alpha value is -2.54. The second-order valence-electron chi connectivity index (χ2n) is 6.61. The number of carboxylic acid groups (broad SMARTS) is 1. The van der Waals surface area contributed by atoms with Gasteiger partial charge in [-0.1, -0.05) is 64.1 Å². The van der Waals surface area contributed by atoms with Gasteiger partial charge in [0, 0.05) is 0 Å². The summed E-state index contributed by atoms with van der Waals surface area (Å²) in [6, 6.07) is 13.3. The second kappa shape index (κ2) is 7.78. The molecule has 0 radical (unpaired) electrons. The van der Waals surface area contributed by atoms with Crippen molar-refractivity contribution in [2.75, 3.05) is 9.03 Å². The van der Waals surface area contributed by atoms with Crippen LogP contribution in [0.25, 0.3) is 0 Å². The van der Waals surface area contributed by atoms with Crippen molar-refractivity contribution in [2.24, 2.45) is 0 Å². The molecule has 2 aromatic rings. The highest BCUT2D eigenvalue weighted by Crippen LogP contribution is 2.34. The van der Waals surface area contributed by atoms with Crippen LogP contribution < -0.4 is 9.03 Å². The van der Waals surface area contributed by atoms with Gasteiger partial charge in [0.1, 0.15) is 0 Å². The molecule has 2 rings (SSSR count). The van der Waals surface area contributed by atoms with Crippen molar-refractivity contribution in [1.82, 2.24) is 0 Å². The van der Waals surface area contributed by atoms with E-state index in [1.165, 1.54) is 12.1 Å². The van der Waals surface area contributed by atoms with Gasteiger partial charge in [-0.25, -0.2) is 4.79 Å². The summed E-state index contributed by atoms with van der Waals surface area (Å²) >= 11 is 0. The van der Waals surface area contributed by atoms with Crippen molar-refractivity contribution in [3.05, 3.63) is 59.7 Å². The Morgan fingerprint density at radius 3 is 1.85 bits per heavy atom. The zero-order valence-corrected chi connectivity index (χ0v) is 16.1. The standard InChI is InChI=1S/C19H24N2O4S/c1-13(2)16-11-8-12-17(14(3)4)18(16)20-26(24,25)21(19(22)23)15-9-6-5-7-10-15/h5-14,20H,1-4H3,(H,22,23).